The lowest BCUT2D eigenvalue weighted by Crippen LogP contribution is -2.10. The summed E-state index contributed by atoms with van der Waals surface area (Å²) in [6.07, 6.45) is 6.07. The van der Waals surface area contributed by atoms with E-state index in [4.69, 9.17) is 9.47 Å². The number of rotatable bonds is 10. The van der Waals surface area contributed by atoms with E-state index in [1.54, 1.807) is 30.3 Å². The molecule has 0 fully saturated rings. The normalized spacial score (nSPS) is 10.6. The highest BCUT2D eigenvalue weighted by Gasteiger charge is 2.08. The van der Waals surface area contributed by atoms with Gasteiger partial charge < -0.3 is 14.8 Å². The standard InChI is InChI=1S/C23H27NO4/c1-3-5-16-27-21-12-9-18(10-13-21)11-14-22(25)24-20-8-6-7-19(17-20)23(26)28-15-4-2/h6-14,17H,3-5,15-16H2,1-2H3,(H,24,25)/b14-11+. The van der Waals surface area contributed by atoms with Crippen LogP contribution in [0, 0.1) is 0 Å². The molecule has 0 radical (unpaired) electrons. The van der Waals surface area contributed by atoms with E-state index >= 15 is 0 Å². The summed E-state index contributed by atoms with van der Waals surface area (Å²) in [5.41, 5.74) is 1.85. The zero-order valence-corrected chi connectivity index (χ0v) is 16.4. The Balaban J connectivity index is 1.90. The highest BCUT2D eigenvalue weighted by Crippen LogP contribution is 2.15. The first-order chi connectivity index (χ1) is 13.6. The Morgan fingerprint density at radius 3 is 2.50 bits per heavy atom. The number of nitrogens with one attached hydrogen (secondary N) is 1. The van der Waals surface area contributed by atoms with Crippen LogP contribution in [-0.2, 0) is 9.53 Å². The van der Waals surface area contributed by atoms with Crippen LogP contribution in [0.1, 0.15) is 49.0 Å². The van der Waals surface area contributed by atoms with Crippen molar-refractivity contribution < 1.29 is 19.1 Å². The summed E-state index contributed by atoms with van der Waals surface area (Å²) in [5.74, 6) is 0.152. The van der Waals surface area contributed by atoms with Gasteiger partial charge in [0.05, 0.1) is 18.8 Å². The van der Waals surface area contributed by atoms with Gasteiger partial charge in [0.1, 0.15) is 5.75 Å². The molecule has 0 aliphatic heterocycles. The third-order valence-corrected chi connectivity index (χ3v) is 3.88. The summed E-state index contributed by atoms with van der Waals surface area (Å²) in [4.78, 5) is 24.0. The highest BCUT2D eigenvalue weighted by atomic mass is 16.5. The van der Waals surface area contributed by atoms with Gasteiger partial charge in [-0.25, -0.2) is 4.79 Å². The summed E-state index contributed by atoms with van der Waals surface area (Å²) >= 11 is 0. The molecule has 2 aromatic rings. The lowest BCUT2D eigenvalue weighted by atomic mass is 10.2. The van der Waals surface area contributed by atoms with Crippen LogP contribution in [0.5, 0.6) is 5.75 Å². The fraction of sp³-hybridized carbons (Fsp3) is 0.304. The third kappa shape index (κ3) is 7.27. The average molecular weight is 381 g/mol. The number of amides is 1. The molecule has 2 rings (SSSR count). The second kappa shape index (κ2) is 11.6. The van der Waals surface area contributed by atoms with Crippen molar-refractivity contribution in [3.63, 3.8) is 0 Å². The first kappa shape index (κ1) is 21.2. The molecule has 2 aromatic carbocycles. The number of anilines is 1. The maximum atomic E-state index is 12.1. The van der Waals surface area contributed by atoms with Gasteiger partial charge in [-0.2, -0.15) is 0 Å². The number of esters is 1. The Bertz CT molecular complexity index is 797. The molecule has 148 valence electrons. The first-order valence-electron chi connectivity index (χ1n) is 9.61. The molecule has 1 N–H and O–H groups in total. The molecule has 0 aliphatic rings. The zero-order valence-electron chi connectivity index (χ0n) is 16.4. The Labute approximate surface area is 166 Å². The molecular formula is C23H27NO4. The minimum atomic E-state index is -0.394. The molecule has 0 heterocycles. The number of carbonyl (C=O) groups is 2. The van der Waals surface area contributed by atoms with Gasteiger partial charge in [-0.05, 0) is 54.8 Å². The van der Waals surface area contributed by atoms with Crippen LogP contribution >= 0.6 is 0 Å². The fourth-order valence-corrected chi connectivity index (χ4v) is 2.37. The monoisotopic (exact) mass is 381 g/mol. The summed E-state index contributed by atoms with van der Waals surface area (Å²) in [5, 5.41) is 2.75. The molecular weight excluding hydrogens is 354 g/mol. The van der Waals surface area contributed by atoms with Crippen molar-refractivity contribution in [1.29, 1.82) is 0 Å². The fourth-order valence-electron chi connectivity index (χ4n) is 2.37. The van der Waals surface area contributed by atoms with Crippen molar-refractivity contribution in [2.45, 2.75) is 33.1 Å². The predicted molar refractivity (Wildman–Crippen MR) is 112 cm³/mol. The largest absolute Gasteiger partial charge is 0.494 e. The van der Waals surface area contributed by atoms with Gasteiger partial charge in [0.2, 0.25) is 5.91 Å². The summed E-state index contributed by atoms with van der Waals surface area (Å²) in [7, 11) is 0. The van der Waals surface area contributed by atoms with Gasteiger partial charge in [0, 0.05) is 11.8 Å². The summed E-state index contributed by atoms with van der Waals surface area (Å²) in [6, 6.07) is 14.3. The van der Waals surface area contributed by atoms with Gasteiger partial charge in [0.25, 0.3) is 0 Å². The van der Waals surface area contributed by atoms with E-state index in [1.165, 1.54) is 6.08 Å². The van der Waals surface area contributed by atoms with Crippen LogP contribution in [0.15, 0.2) is 54.6 Å². The summed E-state index contributed by atoms with van der Waals surface area (Å²) < 4.78 is 10.7. The van der Waals surface area contributed by atoms with Crippen LogP contribution in [0.3, 0.4) is 0 Å². The molecule has 5 heteroatoms. The van der Waals surface area contributed by atoms with Gasteiger partial charge in [-0.15, -0.1) is 0 Å². The van der Waals surface area contributed by atoms with Gasteiger partial charge in [0.15, 0.2) is 0 Å². The van der Waals surface area contributed by atoms with E-state index in [0.29, 0.717) is 24.5 Å². The van der Waals surface area contributed by atoms with E-state index < -0.39 is 5.97 Å². The number of ether oxygens (including phenoxy) is 2. The van der Waals surface area contributed by atoms with E-state index in [0.717, 1.165) is 30.6 Å². The van der Waals surface area contributed by atoms with Crippen molar-refractivity contribution in [2.24, 2.45) is 0 Å². The van der Waals surface area contributed by atoms with Crippen LogP contribution in [0.2, 0.25) is 0 Å². The Morgan fingerprint density at radius 1 is 1.00 bits per heavy atom. The topological polar surface area (TPSA) is 64.6 Å². The van der Waals surface area contributed by atoms with Gasteiger partial charge >= 0.3 is 5.97 Å². The smallest absolute Gasteiger partial charge is 0.338 e. The first-order valence-corrected chi connectivity index (χ1v) is 9.61. The molecule has 0 bridgehead atoms. The molecule has 5 nitrogen and oxygen atoms in total. The number of carbonyl (C=O) groups excluding carboxylic acids is 2. The third-order valence-electron chi connectivity index (χ3n) is 3.88. The van der Waals surface area contributed by atoms with Gasteiger partial charge in [-0.1, -0.05) is 38.5 Å². The molecule has 0 saturated heterocycles. The average Bonchev–Trinajstić information content (AvgIpc) is 2.72. The molecule has 0 aliphatic carbocycles. The quantitative estimate of drug-likeness (QED) is 0.354. The Morgan fingerprint density at radius 2 is 1.79 bits per heavy atom. The van der Waals surface area contributed by atoms with Crippen molar-refractivity contribution >= 4 is 23.6 Å². The summed E-state index contributed by atoms with van der Waals surface area (Å²) in [6.45, 7) is 5.14. The van der Waals surface area contributed by atoms with Crippen LogP contribution in [0.25, 0.3) is 6.08 Å². The van der Waals surface area contributed by atoms with Crippen molar-refractivity contribution in [2.75, 3.05) is 18.5 Å². The number of unbranched alkanes of at least 4 members (excludes halogenated alkanes) is 1. The van der Waals surface area contributed by atoms with Crippen LogP contribution < -0.4 is 10.1 Å². The minimum absolute atomic E-state index is 0.276. The maximum Gasteiger partial charge on any atom is 0.338 e. The second-order valence-corrected chi connectivity index (χ2v) is 6.31. The SMILES string of the molecule is CCCCOc1ccc(/C=C/C(=O)Nc2cccc(C(=O)OCCC)c2)cc1. The molecule has 0 saturated carbocycles. The molecule has 1 amide bonds. The van der Waals surface area contributed by atoms with Gasteiger partial charge in [-0.3, -0.25) is 4.79 Å². The number of hydrogen-bond donors (Lipinski definition) is 1. The van der Waals surface area contributed by atoms with Crippen molar-refractivity contribution in [3.05, 3.63) is 65.7 Å². The lowest BCUT2D eigenvalue weighted by molar-refractivity contribution is -0.111. The van der Waals surface area contributed by atoms with Crippen molar-refractivity contribution in [3.8, 4) is 5.75 Å². The van der Waals surface area contributed by atoms with E-state index in [-0.39, 0.29) is 5.91 Å². The van der Waals surface area contributed by atoms with Crippen LogP contribution in [0.4, 0.5) is 5.69 Å². The van der Waals surface area contributed by atoms with E-state index in [2.05, 4.69) is 12.2 Å². The number of benzene rings is 2. The molecule has 0 aromatic heterocycles. The maximum absolute atomic E-state index is 12.1. The highest BCUT2D eigenvalue weighted by molar-refractivity contribution is 6.02. The molecule has 0 spiro atoms. The van der Waals surface area contributed by atoms with E-state index in [9.17, 15) is 9.59 Å². The number of hydrogen-bond acceptors (Lipinski definition) is 4. The molecule has 0 unspecified atom stereocenters. The lowest BCUT2D eigenvalue weighted by Gasteiger charge is -2.06. The minimum Gasteiger partial charge on any atom is -0.494 e. The second-order valence-electron chi connectivity index (χ2n) is 6.31. The van der Waals surface area contributed by atoms with E-state index in [1.807, 2.05) is 31.2 Å². The Kier molecular flexibility index (Phi) is 8.79. The zero-order chi connectivity index (χ0) is 20.2. The molecule has 0 atom stereocenters. The van der Waals surface area contributed by atoms with Crippen molar-refractivity contribution in [1.82, 2.24) is 0 Å². The van der Waals surface area contributed by atoms with Crippen LogP contribution in [-0.4, -0.2) is 25.1 Å². The Hall–Kier alpha value is -3.08. The predicted octanol–water partition coefficient (Wildman–Crippen LogP) is 5.08. The molecule has 28 heavy (non-hydrogen) atoms.